The molecule has 5 rings (SSSR count). The van der Waals surface area contributed by atoms with Crippen molar-refractivity contribution >= 4 is 18.0 Å². The minimum absolute atomic E-state index is 0.0409. The Morgan fingerprint density at radius 2 is 1.66 bits per heavy atom. The number of ether oxygens (including phenoxy) is 1. The molecule has 2 fully saturated rings. The molecule has 1 aliphatic heterocycles. The Labute approximate surface area is 205 Å². The lowest BCUT2D eigenvalue weighted by atomic mass is 9.91. The lowest BCUT2D eigenvalue weighted by molar-refractivity contribution is -0.148. The van der Waals surface area contributed by atoms with Gasteiger partial charge in [-0.2, -0.15) is 0 Å². The van der Waals surface area contributed by atoms with Crippen LogP contribution in [0.4, 0.5) is 4.79 Å². The molecule has 2 amide bonds. The number of piperidine rings is 1. The van der Waals surface area contributed by atoms with E-state index in [9.17, 15) is 19.5 Å². The summed E-state index contributed by atoms with van der Waals surface area (Å²) in [5.41, 5.74) is 4.61. The minimum Gasteiger partial charge on any atom is -0.481 e. The van der Waals surface area contributed by atoms with Crippen LogP contribution < -0.4 is 5.32 Å². The van der Waals surface area contributed by atoms with Crippen molar-refractivity contribution in [3.63, 3.8) is 0 Å². The third-order valence-electron chi connectivity index (χ3n) is 7.71. The highest BCUT2D eigenvalue weighted by Crippen LogP contribution is 2.44. The molecule has 184 valence electrons. The topological polar surface area (TPSA) is 95.9 Å². The van der Waals surface area contributed by atoms with Crippen molar-refractivity contribution in [2.45, 2.75) is 57.0 Å². The second-order valence-electron chi connectivity index (χ2n) is 10.1. The van der Waals surface area contributed by atoms with E-state index in [0.717, 1.165) is 35.1 Å². The summed E-state index contributed by atoms with van der Waals surface area (Å²) in [5, 5.41) is 12.2. The summed E-state index contributed by atoms with van der Waals surface area (Å²) in [4.78, 5) is 39.3. The number of nitrogens with one attached hydrogen (secondary N) is 1. The Bertz CT molecular complexity index is 1080. The van der Waals surface area contributed by atoms with Crippen molar-refractivity contribution in [2.24, 2.45) is 11.8 Å². The average Bonchev–Trinajstić information content (AvgIpc) is 3.62. The van der Waals surface area contributed by atoms with Gasteiger partial charge in [-0.3, -0.25) is 9.59 Å². The van der Waals surface area contributed by atoms with Gasteiger partial charge in [0.05, 0.1) is 5.92 Å². The number of carbonyl (C=O) groups is 3. The number of aliphatic carboxylic acids is 1. The van der Waals surface area contributed by atoms with Crippen LogP contribution in [-0.2, 0) is 14.3 Å². The van der Waals surface area contributed by atoms with Gasteiger partial charge in [0.1, 0.15) is 12.6 Å². The van der Waals surface area contributed by atoms with Gasteiger partial charge in [-0.15, -0.1) is 0 Å². The molecule has 7 nitrogen and oxygen atoms in total. The molecule has 1 saturated carbocycles. The van der Waals surface area contributed by atoms with Crippen LogP contribution in [0, 0.1) is 11.8 Å². The number of rotatable bonds is 7. The van der Waals surface area contributed by atoms with Crippen molar-refractivity contribution in [1.82, 2.24) is 10.2 Å². The van der Waals surface area contributed by atoms with Gasteiger partial charge in [-0.1, -0.05) is 61.4 Å². The number of carboxylic acid groups (broad SMARTS) is 1. The van der Waals surface area contributed by atoms with Crippen LogP contribution in [0.25, 0.3) is 11.1 Å². The quantitative estimate of drug-likeness (QED) is 0.617. The third kappa shape index (κ3) is 4.90. The van der Waals surface area contributed by atoms with E-state index in [1.807, 2.05) is 31.2 Å². The normalized spacial score (nSPS) is 22.1. The Hall–Kier alpha value is -3.35. The zero-order chi connectivity index (χ0) is 24.5. The number of alkyl carbamates (subject to hydrolysis) is 1. The lowest BCUT2D eigenvalue weighted by Gasteiger charge is -2.38. The van der Waals surface area contributed by atoms with Gasteiger partial charge in [0.15, 0.2) is 0 Å². The van der Waals surface area contributed by atoms with Crippen molar-refractivity contribution in [1.29, 1.82) is 0 Å². The summed E-state index contributed by atoms with van der Waals surface area (Å²) in [7, 11) is 0. The number of hydrogen-bond donors (Lipinski definition) is 2. The number of carbonyl (C=O) groups excluding carboxylic acids is 2. The predicted molar refractivity (Wildman–Crippen MR) is 131 cm³/mol. The maximum Gasteiger partial charge on any atom is 0.407 e. The standard InChI is InChI=1S/C28H32N2O5/c1-17-14-19(27(32)33)12-13-30(17)26(31)25(15-18-10-11-18)29-28(34)35-16-24-22-8-4-2-6-20(22)21-7-3-5-9-23(21)24/h2-9,17-19,24-25H,10-16H2,1H3,(H,29,34)(H,32,33)/t17-,19-,25?/m1/s1. The van der Waals surface area contributed by atoms with Crippen LogP contribution in [0.15, 0.2) is 48.5 Å². The zero-order valence-electron chi connectivity index (χ0n) is 20.0. The molecule has 3 atom stereocenters. The Kier molecular flexibility index (Phi) is 6.50. The van der Waals surface area contributed by atoms with Crippen LogP contribution in [0.3, 0.4) is 0 Å². The molecule has 1 unspecified atom stereocenters. The van der Waals surface area contributed by atoms with E-state index in [1.54, 1.807) is 4.90 Å². The monoisotopic (exact) mass is 476 g/mol. The highest BCUT2D eigenvalue weighted by molar-refractivity contribution is 5.86. The van der Waals surface area contributed by atoms with E-state index in [1.165, 1.54) is 0 Å². The van der Waals surface area contributed by atoms with Gasteiger partial charge in [0, 0.05) is 18.5 Å². The van der Waals surface area contributed by atoms with Crippen LogP contribution in [-0.4, -0.2) is 53.2 Å². The maximum atomic E-state index is 13.4. The van der Waals surface area contributed by atoms with E-state index in [2.05, 4.69) is 29.6 Å². The minimum atomic E-state index is -0.810. The van der Waals surface area contributed by atoms with Crippen LogP contribution >= 0.6 is 0 Å². The highest BCUT2D eigenvalue weighted by atomic mass is 16.5. The van der Waals surface area contributed by atoms with Gasteiger partial charge in [-0.25, -0.2) is 4.79 Å². The molecule has 1 heterocycles. The summed E-state index contributed by atoms with van der Waals surface area (Å²) >= 11 is 0. The molecule has 0 spiro atoms. The lowest BCUT2D eigenvalue weighted by Crippen LogP contribution is -2.54. The zero-order valence-corrected chi connectivity index (χ0v) is 20.0. The molecule has 35 heavy (non-hydrogen) atoms. The number of amides is 2. The fourth-order valence-corrected chi connectivity index (χ4v) is 5.61. The molecule has 7 heteroatoms. The largest absolute Gasteiger partial charge is 0.481 e. The van der Waals surface area contributed by atoms with Gasteiger partial charge in [-0.05, 0) is 54.4 Å². The number of fused-ring (bicyclic) bond motifs is 3. The van der Waals surface area contributed by atoms with E-state index >= 15 is 0 Å². The van der Waals surface area contributed by atoms with Gasteiger partial charge in [0.2, 0.25) is 5.91 Å². The first-order valence-corrected chi connectivity index (χ1v) is 12.6. The number of nitrogens with zero attached hydrogens (tertiary/aromatic N) is 1. The van der Waals surface area contributed by atoms with Gasteiger partial charge >= 0.3 is 12.1 Å². The number of hydrogen-bond acceptors (Lipinski definition) is 4. The van der Waals surface area contributed by atoms with Crippen molar-refractivity contribution < 1.29 is 24.2 Å². The van der Waals surface area contributed by atoms with Gasteiger partial charge < -0.3 is 20.1 Å². The molecule has 2 aliphatic carbocycles. The van der Waals surface area contributed by atoms with Crippen LogP contribution in [0.5, 0.6) is 0 Å². The summed E-state index contributed by atoms with van der Waals surface area (Å²) < 4.78 is 5.69. The first kappa shape index (κ1) is 23.4. The fraction of sp³-hybridized carbons (Fsp3) is 0.464. The Morgan fingerprint density at radius 3 is 2.23 bits per heavy atom. The molecule has 2 N–H and O–H groups in total. The number of likely N-dealkylation sites (tertiary alicyclic amines) is 1. The van der Waals surface area contributed by atoms with E-state index in [-0.39, 0.29) is 24.5 Å². The average molecular weight is 477 g/mol. The van der Waals surface area contributed by atoms with E-state index in [4.69, 9.17) is 4.74 Å². The molecular formula is C28H32N2O5. The summed E-state index contributed by atoms with van der Waals surface area (Å²) in [5.74, 6) is -0.978. The second-order valence-corrected chi connectivity index (χ2v) is 10.1. The molecule has 3 aliphatic rings. The molecule has 2 aromatic rings. The first-order chi connectivity index (χ1) is 16.9. The van der Waals surface area contributed by atoms with E-state index in [0.29, 0.717) is 31.7 Å². The molecule has 1 saturated heterocycles. The van der Waals surface area contributed by atoms with Gasteiger partial charge in [0.25, 0.3) is 0 Å². The van der Waals surface area contributed by atoms with E-state index < -0.39 is 24.0 Å². The summed E-state index contributed by atoms with van der Waals surface area (Å²) in [6.45, 7) is 2.48. The fourth-order valence-electron chi connectivity index (χ4n) is 5.61. The first-order valence-electron chi connectivity index (χ1n) is 12.6. The molecule has 0 radical (unpaired) electrons. The van der Waals surface area contributed by atoms with Crippen molar-refractivity contribution in [3.05, 3.63) is 59.7 Å². The van der Waals surface area contributed by atoms with Crippen LogP contribution in [0.1, 0.15) is 56.1 Å². The van der Waals surface area contributed by atoms with Crippen LogP contribution in [0.2, 0.25) is 0 Å². The molecular weight excluding hydrogens is 444 g/mol. The molecule has 2 aromatic carbocycles. The van der Waals surface area contributed by atoms with Crippen molar-refractivity contribution in [2.75, 3.05) is 13.2 Å². The Balaban J connectivity index is 1.24. The SMILES string of the molecule is C[C@@H]1C[C@H](C(=O)O)CCN1C(=O)C(CC1CC1)NC(=O)OCC1c2ccccc2-c2ccccc21. The number of benzene rings is 2. The number of carboxylic acids is 1. The third-order valence-corrected chi connectivity index (χ3v) is 7.71. The highest BCUT2D eigenvalue weighted by Gasteiger charge is 2.38. The second kappa shape index (κ2) is 9.72. The molecule has 0 bridgehead atoms. The smallest absolute Gasteiger partial charge is 0.407 e. The predicted octanol–water partition coefficient (Wildman–Crippen LogP) is 4.41. The molecule has 0 aromatic heterocycles. The maximum absolute atomic E-state index is 13.4. The van der Waals surface area contributed by atoms with Crippen molar-refractivity contribution in [3.8, 4) is 11.1 Å². The Morgan fingerprint density at radius 1 is 1.03 bits per heavy atom. The summed E-state index contributed by atoms with van der Waals surface area (Å²) in [6, 6.07) is 15.5. The summed E-state index contributed by atoms with van der Waals surface area (Å²) in [6.07, 6.45) is 3.00.